The molecule has 6 heteroatoms. The second-order valence-electron chi connectivity index (χ2n) is 5.93. The highest BCUT2D eigenvalue weighted by molar-refractivity contribution is 9.10. The predicted octanol–water partition coefficient (Wildman–Crippen LogP) is 3.41. The Kier molecular flexibility index (Phi) is 5.80. The molecule has 0 radical (unpaired) electrons. The van der Waals surface area contributed by atoms with Gasteiger partial charge in [-0.15, -0.1) is 11.3 Å². The number of carbonyl (C=O) groups excluding carboxylic acids is 1. The SMILES string of the molecule is O=C(C[NH2+]C1CCCCC1)Nc1nc(-c2ccc(Br)cc2)cs1. The first kappa shape index (κ1) is 16.6. The molecule has 4 nitrogen and oxygen atoms in total. The fraction of sp³-hybridized carbons (Fsp3) is 0.412. The fourth-order valence-electron chi connectivity index (χ4n) is 2.90. The van der Waals surface area contributed by atoms with Crippen LogP contribution in [0.4, 0.5) is 5.13 Å². The second kappa shape index (κ2) is 8.04. The number of nitrogens with one attached hydrogen (secondary N) is 1. The summed E-state index contributed by atoms with van der Waals surface area (Å²) >= 11 is 4.90. The van der Waals surface area contributed by atoms with E-state index in [4.69, 9.17) is 0 Å². The maximum Gasteiger partial charge on any atom is 0.281 e. The molecular weight excluding hydrogens is 374 g/mol. The van der Waals surface area contributed by atoms with Crippen LogP contribution in [-0.2, 0) is 4.79 Å². The van der Waals surface area contributed by atoms with Crippen molar-refractivity contribution in [1.29, 1.82) is 0 Å². The Hall–Kier alpha value is -1.24. The van der Waals surface area contributed by atoms with Gasteiger partial charge in [0.15, 0.2) is 11.7 Å². The van der Waals surface area contributed by atoms with Crippen molar-refractivity contribution in [1.82, 2.24) is 4.98 Å². The third kappa shape index (κ3) is 4.86. The summed E-state index contributed by atoms with van der Waals surface area (Å²) in [5.41, 5.74) is 1.95. The molecule has 0 saturated heterocycles. The van der Waals surface area contributed by atoms with E-state index in [1.807, 2.05) is 29.6 Å². The molecule has 1 aromatic heterocycles. The highest BCUT2D eigenvalue weighted by atomic mass is 79.9. The summed E-state index contributed by atoms with van der Waals surface area (Å²) in [6, 6.07) is 8.63. The summed E-state index contributed by atoms with van der Waals surface area (Å²) in [7, 11) is 0. The van der Waals surface area contributed by atoms with Crippen LogP contribution >= 0.6 is 27.3 Å². The number of benzene rings is 1. The molecule has 3 rings (SSSR count). The van der Waals surface area contributed by atoms with E-state index in [2.05, 4.69) is 31.5 Å². The second-order valence-corrected chi connectivity index (χ2v) is 7.70. The van der Waals surface area contributed by atoms with Gasteiger partial charge in [0.2, 0.25) is 0 Å². The van der Waals surface area contributed by atoms with Gasteiger partial charge < -0.3 is 5.32 Å². The number of hydrogen-bond donors (Lipinski definition) is 2. The Morgan fingerprint density at radius 3 is 2.74 bits per heavy atom. The first-order valence-corrected chi connectivity index (χ1v) is 9.72. The number of anilines is 1. The molecule has 1 saturated carbocycles. The number of aromatic nitrogens is 1. The third-order valence-corrected chi connectivity index (χ3v) is 5.46. The lowest BCUT2D eigenvalue weighted by atomic mass is 9.95. The zero-order valence-electron chi connectivity index (χ0n) is 12.9. The van der Waals surface area contributed by atoms with Crippen LogP contribution in [0, 0.1) is 0 Å². The minimum Gasteiger partial charge on any atom is -0.336 e. The molecule has 0 unspecified atom stereocenters. The highest BCUT2D eigenvalue weighted by Crippen LogP contribution is 2.25. The largest absolute Gasteiger partial charge is 0.336 e. The van der Waals surface area contributed by atoms with E-state index in [1.165, 1.54) is 43.4 Å². The first-order chi connectivity index (χ1) is 11.2. The maximum absolute atomic E-state index is 12.1. The molecule has 2 aromatic rings. The van der Waals surface area contributed by atoms with Crippen molar-refractivity contribution in [3.8, 4) is 11.3 Å². The smallest absolute Gasteiger partial charge is 0.281 e. The van der Waals surface area contributed by atoms with Gasteiger partial charge in [0, 0.05) is 15.4 Å². The molecule has 122 valence electrons. The van der Waals surface area contributed by atoms with E-state index in [0.717, 1.165) is 15.7 Å². The number of quaternary nitrogens is 1. The van der Waals surface area contributed by atoms with Gasteiger partial charge in [0.05, 0.1) is 11.7 Å². The minimum absolute atomic E-state index is 0.0345. The van der Waals surface area contributed by atoms with Crippen LogP contribution in [0.15, 0.2) is 34.1 Å². The third-order valence-electron chi connectivity index (χ3n) is 4.18. The summed E-state index contributed by atoms with van der Waals surface area (Å²) in [6.45, 7) is 0.484. The van der Waals surface area contributed by atoms with Crippen LogP contribution in [0.2, 0.25) is 0 Å². The van der Waals surface area contributed by atoms with Crippen molar-refractivity contribution in [2.24, 2.45) is 0 Å². The summed E-state index contributed by atoms with van der Waals surface area (Å²) in [6.07, 6.45) is 6.41. The van der Waals surface area contributed by atoms with E-state index in [0.29, 0.717) is 17.7 Å². The molecule has 1 aliphatic carbocycles. The van der Waals surface area contributed by atoms with Gasteiger partial charge >= 0.3 is 0 Å². The molecule has 23 heavy (non-hydrogen) atoms. The number of halogens is 1. The van der Waals surface area contributed by atoms with Gasteiger partial charge in [0.1, 0.15) is 0 Å². The van der Waals surface area contributed by atoms with Gasteiger partial charge in [-0.05, 0) is 37.8 Å². The Morgan fingerprint density at radius 2 is 2.00 bits per heavy atom. The Balaban J connectivity index is 1.51. The molecule has 0 aliphatic heterocycles. The number of thiazole rings is 1. The zero-order chi connectivity index (χ0) is 16.1. The van der Waals surface area contributed by atoms with Gasteiger partial charge in [-0.1, -0.05) is 34.5 Å². The zero-order valence-corrected chi connectivity index (χ0v) is 15.3. The number of hydrogen-bond acceptors (Lipinski definition) is 3. The molecule has 1 aromatic carbocycles. The van der Waals surface area contributed by atoms with Crippen LogP contribution < -0.4 is 10.6 Å². The van der Waals surface area contributed by atoms with Gasteiger partial charge in [-0.2, -0.15) is 0 Å². The van der Waals surface area contributed by atoms with E-state index in [9.17, 15) is 4.79 Å². The van der Waals surface area contributed by atoms with Gasteiger partial charge in [-0.25, -0.2) is 4.98 Å². The maximum atomic E-state index is 12.1. The van der Waals surface area contributed by atoms with Crippen molar-refractivity contribution >= 4 is 38.3 Å². The van der Waals surface area contributed by atoms with Crippen molar-refractivity contribution in [2.75, 3.05) is 11.9 Å². The van der Waals surface area contributed by atoms with Gasteiger partial charge in [-0.3, -0.25) is 10.1 Å². The van der Waals surface area contributed by atoms with Crippen LogP contribution in [-0.4, -0.2) is 23.5 Å². The quantitative estimate of drug-likeness (QED) is 0.815. The van der Waals surface area contributed by atoms with E-state index >= 15 is 0 Å². The number of nitrogens with zero attached hydrogens (tertiary/aromatic N) is 1. The van der Waals surface area contributed by atoms with Crippen molar-refractivity contribution in [3.63, 3.8) is 0 Å². The van der Waals surface area contributed by atoms with Crippen LogP contribution in [0.25, 0.3) is 11.3 Å². The molecule has 0 atom stereocenters. The number of amides is 1. The monoisotopic (exact) mass is 394 g/mol. The fourth-order valence-corrected chi connectivity index (χ4v) is 3.90. The minimum atomic E-state index is 0.0345. The summed E-state index contributed by atoms with van der Waals surface area (Å²) in [4.78, 5) is 16.6. The van der Waals surface area contributed by atoms with Crippen LogP contribution in [0.3, 0.4) is 0 Å². The Morgan fingerprint density at radius 1 is 1.26 bits per heavy atom. The highest BCUT2D eigenvalue weighted by Gasteiger charge is 2.17. The molecule has 1 aliphatic rings. The standard InChI is InChI=1S/C17H20BrN3OS/c18-13-8-6-12(7-9-13)15-11-23-17(20-15)21-16(22)10-19-14-4-2-1-3-5-14/h6-9,11,14,19H,1-5,10H2,(H,20,21,22)/p+1. The average Bonchev–Trinajstić information content (AvgIpc) is 3.03. The summed E-state index contributed by atoms with van der Waals surface area (Å²) in [5, 5.41) is 7.74. The van der Waals surface area contributed by atoms with Crippen molar-refractivity contribution < 1.29 is 10.1 Å². The van der Waals surface area contributed by atoms with Gasteiger partial charge in [0.25, 0.3) is 5.91 Å². The lowest BCUT2D eigenvalue weighted by Crippen LogP contribution is -2.91. The van der Waals surface area contributed by atoms with Crippen molar-refractivity contribution in [2.45, 2.75) is 38.1 Å². The molecule has 1 amide bonds. The predicted molar refractivity (Wildman–Crippen MR) is 97.5 cm³/mol. The lowest BCUT2D eigenvalue weighted by Gasteiger charge is -2.19. The number of rotatable bonds is 5. The molecule has 1 fully saturated rings. The first-order valence-electron chi connectivity index (χ1n) is 8.05. The summed E-state index contributed by atoms with van der Waals surface area (Å²) < 4.78 is 1.04. The van der Waals surface area contributed by atoms with E-state index in [-0.39, 0.29) is 5.91 Å². The molecule has 0 bridgehead atoms. The molecule has 1 heterocycles. The van der Waals surface area contributed by atoms with Crippen molar-refractivity contribution in [3.05, 3.63) is 34.1 Å². The normalized spacial score (nSPS) is 15.5. The number of carbonyl (C=O) groups is 1. The topological polar surface area (TPSA) is 58.6 Å². The average molecular weight is 395 g/mol. The number of nitrogens with two attached hydrogens (primary N) is 1. The Labute approximate surface area is 148 Å². The molecular formula is C17H21BrN3OS+. The van der Waals surface area contributed by atoms with Crippen LogP contribution in [0.1, 0.15) is 32.1 Å². The lowest BCUT2D eigenvalue weighted by molar-refractivity contribution is -0.681. The van der Waals surface area contributed by atoms with E-state index in [1.54, 1.807) is 0 Å². The Bertz CT molecular complexity index is 650. The molecule has 0 spiro atoms. The summed E-state index contributed by atoms with van der Waals surface area (Å²) in [5.74, 6) is 0.0345. The van der Waals surface area contributed by atoms with Crippen LogP contribution in [0.5, 0.6) is 0 Å². The molecule has 3 N–H and O–H groups in total. The van der Waals surface area contributed by atoms with E-state index < -0.39 is 0 Å².